The fraction of sp³-hybridized carbons (Fsp3) is 0.243. The van der Waals surface area contributed by atoms with E-state index in [1.165, 1.54) is 24.3 Å². The molecule has 0 N–H and O–H groups in total. The van der Waals surface area contributed by atoms with Gasteiger partial charge in [0.15, 0.2) is 23.1 Å². The molecule has 2 aliphatic carbocycles. The Balaban J connectivity index is 1.71. The molecule has 1 heterocycles. The van der Waals surface area contributed by atoms with Crippen molar-refractivity contribution in [3.8, 4) is 11.5 Å². The lowest BCUT2D eigenvalue weighted by molar-refractivity contribution is 0.0995. The van der Waals surface area contributed by atoms with Gasteiger partial charge in [-0.2, -0.15) is 0 Å². The molecule has 220 valence electrons. The van der Waals surface area contributed by atoms with Crippen molar-refractivity contribution < 1.29 is 28.7 Å². The molecule has 7 nitrogen and oxygen atoms in total. The van der Waals surface area contributed by atoms with E-state index in [-0.39, 0.29) is 23.1 Å². The highest BCUT2D eigenvalue weighted by atomic mass is 16.5. The summed E-state index contributed by atoms with van der Waals surface area (Å²) < 4.78 is 14.5. The molecular weight excluding hydrogens is 554 g/mol. The van der Waals surface area contributed by atoms with Gasteiger partial charge in [-0.25, -0.2) is 0 Å². The van der Waals surface area contributed by atoms with Crippen LogP contribution in [-0.2, 0) is 7.05 Å². The van der Waals surface area contributed by atoms with Gasteiger partial charge in [-0.3, -0.25) is 19.2 Å². The molecule has 7 rings (SSSR count). The van der Waals surface area contributed by atoms with Crippen LogP contribution in [0.5, 0.6) is 11.5 Å². The second kappa shape index (κ2) is 10.6. The van der Waals surface area contributed by atoms with Gasteiger partial charge in [0.1, 0.15) is 11.5 Å². The number of fused-ring (bicyclic) bond motifs is 11. The molecule has 0 aliphatic heterocycles. The van der Waals surface area contributed by atoms with E-state index in [4.69, 9.17) is 9.47 Å². The Morgan fingerprint density at radius 2 is 0.977 bits per heavy atom. The van der Waals surface area contributed by atoms with Gasteiger partial charge in [0.05, 0.1) is 13.2 Å². The average Bonchev–Trinajstić information content (AvgIpc) is 3.32. The summed E-state index contributed by atoms with van der Waals surface area (Å²) in [7, 11) is 1.93. The zero-order valence-corrected chi connectivity index (χ0v) is 24.9. The molecule has 44 heavy (non-hydrogen) atoms. The normalized spacial score (nSPS) is 14.3. The van der Waals surface area contributed by atoms with Crippen molar-refractivity contribution in [1.82, 2.24) is 4.57 Å². The molecule has 0 spiro atoms. The Morgan fingerprint density at radius 3 is 1.39 bits per heavy atom. The van der Waals surface area contributed by atoms with Gasteiger partial charge >= 0.3 is 0 Å². The molecule has 2 aliphatic rings. The maximum absolute atomic E-state index is 13.6. The number of nitrogens with zero attached hydrogens (tertiary/aromatic N) is 1. The van der Waals surface area contributed by atoms with Crippen LogP contribution in [-0.4, -0.2) is 40.9 Å². The molecule has 0 bridgehead atoms. The van der Waals surface area contributed by atoms with Crippen molar-refractivity contribution in [3.05, 3.63) is 83.0 Å². The maximum atomic E-state index is 13.6. The van der Waals surface area contributed by atoms with Gasteiger partial charge in [-0.05, 0) is 73.5 Å². The zero-order valence-electron chi connectivity index (χ0n) is 24.9. The van der Waals surface area contributed by atoms with Gasteiger partial charge in [-0.15, -0.1) is 0 Å². The molecule has 0 atom stereocenters. The molecule has 0 radical (unpaired) electrons. The Kier molecular flexibility index (Phi) is 6.69. The molecule has 0 unspecified atom stereocenters. The predicted molar refractivity (Wildman–Crippen MR) is 172 cm³/mol. The Morgan fingerprint density at radius 1 is 0.568 bits per heavy atom. The summed E-state index contributed by atoms with van der Waals surface area (Å²) in [6.07, 6.45) is 8.80. The third-order valence-corrected chi connectivity index (χ3v) is 8.77. The number of carbonyl (C=O) groups is 4. The zero-order chi connectivity index (χ0) is 30.7. The number of aryl methyl sites for hydroxylation is 1. The van der Waals surface area contributed by atoms with Gasteiger partial charge < -0.3 is 14.0 Å². The van der Waals surface area contributed by atoms with E-state index in [1.807, 2.05) is 35.9 Å². The van der Waals surface area contributed by atoms with Crippen LogP contribution >= 0.6 is 0 Å². The molecule has 7 heteroatoms. The Labute approximate surface area is 253 Å². The number of unbranched alkanes of at least 4 members (excludes halogenated alkanes) is 2. The topological polar surface area (TPSA) is 91.7 Å². The molecular formula is C37H31NO6. The Bertz CT molecular complexity index is 2030. The quantitative estimate of drug-likeness (QED) is 0.172. The van der Waals surface area contributed by atoms with Crippen molar-refractivity contribution in [2.24, 2.45) is 7.05 Å². The third-order valence-electron chi connectivity index (χ3n) is 8.77. The predicted octanol–water partition coefficient (Wildman–Crippen LogP) is 7.87. The maximum Gasteiger partial charge on any atom is 0.187 e. The lowest BCUT2D eigenvalue weighted by atomic mass is 9.85. The first-order valence-electron chi connectivity index (χ1n) is 15.2. The SMILES string of the molecule is CCCCOc1cc2c(c3c1ccc1c3c3c4c5c(cc(OCCCC)c4ccc3n1C)C(=O)C=CC5=O)C(=O)C=CC2=O. The number of hydrogen-bond acceptors (Lipinski definition) is 6. The molecule has 4 aromatic carbocycles. The van der Waals surface area contributed by atoms with Crippen LogP contribution in [0.15, 0.2) is 60.7 Å². The Hall–Kier alpha value is -5.04. The average molecular weight is 586 g/mol. The fourth-order valence-corrected chi connectivity index (χ4v) is 6.58. The van der Waals surface area contributed by atoms with Crippen molar-refractivity contribution in [3.63, 3.8) is 0 Å². The van der Waals surface area contributed by atoms with Crippen molar-refractivity contribution in [2.45, 2.75) is 39.5 Å². The number of carbonyl (C=O) groups excluding carboxylic acids is 4. The number of ketones is 4. The van der Waals surface area contributed by atoms with E-state index in [9.17, 15) is 19.2 Å². The van der Waals surface area contributed by atoms with Crippen LogP contribution in [0.3, 0.4) is 0 Å². The molecule has 0 saturated heterocycles. The van der Waals surface area contributed by atoms with Crippen molar-refractivity contribution in [2.75, 3.05) is 13.2 Å². The molecule has 0 amide bonds. The number of allylic oxidation sites excluding steroid dienone is 4. The summed E-state index contributed by atoms with van der Waals surface area (Å²) in [4.78, 5) is 53.6. The minimum absolute atomic E-state index is 0.265. The standard InChI is InChI=1S/C37H31NO6/c1-4-6-16-43-30-18-22-26(39)12-14-28(41)32(22)34-20(30)8-10-24-36(34)37-25(38(24)3)11-9-21-31(44-17-7-5-2)19-23-27(40)13-15-29(42)33(23)35(21)37/h8-15,18-19H,4-7,16-17H2,1-3H3. The molecule has 0 saturated carbocycles. The van der Waals surface area contributed by atoms with E-state index >= 15 is 0 Å². The summed E-state index contributed by atoms with van der Waals surface area (Å²) in [6.45, 7) is 5.09. The largest absolute Gasteiger partial charge is 0.493 e. The summed E-state index contributed by atoms with van der Waals surface area (Å²) in [5.74, 6) is -0.00799. The minimum Gasteiger partial charge on any atom is -0.493 e. The number of hydrogen-bond donors (Lipinski definition) is 0. The first-order chi connectivity index (χ1) is 21.3. The lowest BCUT2D eigenvalue weighted by Gasteiger charge is -2.19. The summed E-state index contributed by atoms with van der Waals surface area (Å²) in [5.41, 5.74) is 2.86. The molecule has 5 aromatic rings. The van der Waals surface area contributed by atoms with Gasteiger partial charge in [-0.1, -0.05) is 26.7 Å². The number of ether oxygens (including phenoxy) is 2. The van der Waals surface area contributed by atoms with E-state index in [0.29, 0.717) is 68.5 Å². The van der Waals surface area contributed by atoms with Gasteiger partial charge in [0, 0.05) is 72.7 Å². The van der Waals surface area contributed by atoms with Crippen LogP contribution < -0.4 is 9.47 Å². The second-order valence-electron chi connectivity index (χ2n) is 11.4. The van der Waals surface area contributed by atoms with E-state index in [0.717, 1.165) is 47.5 Å². The van der Waals surface area contributed by atoms with Crippen LogP contribution in [0.25, 0.3) is 43.4 Å². The first kappa shape index (κ1) is 27.8. The second-order valence-corrected chi connectivity index (χ2v) is 11.4. The monoisotopic (exact) mass is 585 g/mol. The lowest BCUT2D eigenvalue weighted by Crippen LogP contribution is -2.14. The summed E-state index contributed by atoms with van der Waals surface area (Å²) in [6, 6.07) is 11.2. The number of aromatic nitrogens is 1. The highest BCUT2D eigenvalue weighted by molar-refractivity contribution is 6.39. The molecule has 0 fully saturated rings. The van der Waals surface area contributed by atoms with Gasteiger partial charge in [0.25, 0.3) is 0 Å². The fourth-order valence-electron chi connectivity index (χ4n) is 6.58. The van der Waals surface area contributed by atoms with Gasteiger partial charge in [0.2, 0.25) is 0 Å². The summed E-state index contributed by atoms with van der Waals surface area (Å²) in [5, 5.41) is 4.07. The van der Waals surface area contributed by atoms with Crippen LogP contribution in [0, 0.1) is 0 Å². The number of rotatable bonds is 8. The first-order valence-corrected chi connectivity index (χ1v) is 15.2. The number of benzene rings is 4. The third kappa shape index (κ3) is 4.03. The van der Waals surface area contributed by atoms with Crippen LogP contribution in [0.4, 0.5) is 0 Å². The smallest absolute Gasteiger partial charge is 0.187 e. The van der Waals surface area contributed by atoms with Crippen molar-refractivity contribution >= 4 is 66.5 Å². The van der Waals surface area contributed by atoms with Crippen LogP contribution in [0.2, 0.25) is 0 Å². The molecule has 1 aromatic heterocycles. The van der Waals surface area contributed by atoms with E-state index in [1.54, 1.807) is 12.1 Å². The highest BCUT2D eigenvalue weighted by Gasteiger charge is 2.30. The van der Waals surface area contributed by atoms with Crippen LogP contribution in [0.1, 0.15) is 81.0 Å². The van der Waals surface area contributed by atoms with Crippen molar-refractivity contribution in [1.29, 1.82) is 0 Å². The minimum atomic E-state index is -0.269. The summed E-state index contributed by atoms with van der Waals surface area (Å²) >= 11 is 0. The van der Waals surface area contributed by atoms with E-state index in [2.05, 4.69) is 13.8 Å². The van der Waals surface area contributed by atoms with E-state index < -0.39 is 0 Å². The highest BCUT2D eigenvalue weighted by Crippen LogP contribution is 2.47.